The summed E-state index contributed by atoms with van der Waals surface area (Å²) in [6.45, 7) is 1.51. The number of aromatic nitrogens is 2. The molecule has 0 spiro atoms. The van der Waals surface area contributed by atoms with E-state index in [9.17, 15) is 13.6 Å². The van der Waals surface area contributed by atoms with Gasteiger partial charge in [-0.05, 0) is 12.1 Å². The summed E-state index contributed by atoms with van der Waals surface area (Å²) >= 11 is 0. The van der Waals surface area contributed by atoms with Crippen molar-refractivity contribution in [2.24, 2.45) is 0 Å². The van der Waals surface area contributed by atoms with E-state index in [0.29, 0.717) is 19.7 Å². The van der Waals surface area contributed by atoms with Crippen LogP contribution in [0, 0.1) is 0 Å². The van der Waals surface area contributed by atoms with E-state index in [4.69, 9.17) is 4.74 Å². The molecule has 25 heavy (non-hydrogen) atoms. The van der Waals surface area contributed by atoms with Crippen LogP contribution >= 0.6 is 0 Å². The summed E-state index contributed by atoms with van der Waals surface area (Å²) in [5.41, 5.74) is 1.94. The summed E-state index contributed by atoms with van der Waals surface area (Å²) in [7, 11) is 0. The predicted molar refractivity (Wildman–Crippen MR) is 87.9 cm³/mol. The number of nitrogens with one attached hydrogen (secondary N) is 2. The van der Waals surface area contributed by atoms with Crippen molar-refractivity contribution in [3.63, 3.8) is 0 Å². The molecule has 8 heteroatoms. The van der Waals surface area contributed by atoms with E-state index in [1.807, 2.05) is 30.3 Å². The number of amides is 1. The first-order valence-electron chi connectivity index (χ1n) is 8.18. The van der Waals surface area contributed by atoms with Gasteiger partial charge in [-0.15, -0.1) is 0 Å². The van der Waals surface area contributed by atoms with E-state index >= 15 is 0 Å². The highest BCUT2D eigenvalue weighted by molar-refractivity contribution is 5.94. The number of hydrogen-bond acceptors (Lipinski definition) is 4. The number of ether oxygens (including phenoxy) is 1. The molecule has 0 saturated heterocycles. The second kappa shape index (κ2) is 8.06. The number of nitrogens with zero attached hydrogens (tertiary/aromatic N) is 2. The van der Waals surface area contributed by atoms with Gasteiger partial charge in [0, 0.05) is 30.8 Å². The molecule has 6 nitrogen and oxygen atoms in total. The maximum Gasteiger partial charge on any atom is 0.272 e. The maximum atomic E-state index is 12.3. The van der Waals surface area contributed by atoms with Crippen LogP contribution in [0.2, 0.25) is 0 Å². The number of hydrogen-bond donors (Lipinski definition) is 2. The summed E-state index contributed by atoms with van der Waals surface area (Å²) in [6.07, 6.45) is -1.85. The van der Waals surface area contributed by atoms with Crippen molar-refractivity contribution in [3.05, 3.63) is 47.3 Å². The Morgan fingerprint density at radius 1 is 1.36 bits per heavy atom. The topological polar surface area (TPSA) is 68.2 Å². The van der Waals surface area contributed by atoms with Crippen LogP contribution in [0.1, 0.15) is 21.7 Å². The maximum absolute atomic E-state index is 12.3. The van der Waals surface area contributed by atoms with Crippen LogP contribution in [0.4, 0.5) is 8.78 Å². The number of fused-ring (bicyclic) bond motifs is 1. The Hall–Kier alpha value is -2.48. The molecule has 2 aromatic rings. The Balaban J connectivity index is 1.69. The van der Waals surface area contributed by atoms with E-state index < -0.39 is 18.9 Å². The fourth-order valence-electron chi connectivity index (χ4n) is 2.81. The lowest BCUT2D eigenvalue weighted by Crippen LogP contribution is -2.31. The molecular weight excluding hydrogens is 330 g/mol. The van der Waals surface area contributed by atoms with Crippen LogP contribution in [0.15, 0.2) is 30.3 Å². The Morgan fingerprint density at radius 3 is 2.92 bits per heavy atom. The van der Waals surface area contributed by atoms with E-state index in [0.717, 1.165) is 30.0 Å². The number of alkyl halides is 2. The molecule has 0 unspecified atom stereocenters. The van der Waals surface area contributed by atoms with Gasteiger partial charge in [-0.2, -0.15) is 5.10 Å². The van der Waals surface area contributed by atoms with Gasteiger partial charge in [0.25, 0.3) is 12.3 Å². The standard InChI is InChI=1S/C17H20F2N4O2/c18-15(19)11-21-17(24)16-13-10-20-7-6-14(13)23(22-16)8-9-25-12-4-2-1-3-5-12/h1-5,15,20H,6-11H2,(H,21,24). The lowest BCUT2D eigenvalue weighted by Gasteiger charge is -2.15. The zero-order valence-corrected chi connectivity index (χ0v) is 13.7. The molecule has 0 radical (unpaired) electrons. The largest absolute Gasteiger partial charge is 0.492 e. The monoisotopic (exact) mass is 350 g/mol. The fraction of sp³-hybridized carbons (Fsp3) is 0.412. The number of carbonyl (C=O) groups is 1. The van der Waals surface area contributed by atoms with Crippen LogP contribution in [0.3, 0.4) is 0 Å². The minimum atomic E-state index is -2.58. The quantitative estimate of drug-likeness (QED) is 0.796. The molecule has 1 aliphatic rings. The van der Waals surface area contributed by atoms with Gasteiger partial charge >= 0.3 is 0 Å². The normalized spacial score (nSPS) is 13.6. The SMILES string of the molecule is O=C(NCC(F)F)c1nn(CCOc2ccccc2)c2c1CNCC2. The summed E-state index contributed by atoms with van der Waals surface area (Å²) in [5.74, 6) is 0.197. The Morgan fingerprint density at radius 2 is 2.16 bits per heavy atom. The van der Waals surface area contributed by atoms with Crippen molar-refractivity contribution >= 4 is 5.91 Å². The van der Waals surface area contributed by atoms with Crippen molar-refractivity contribution < 1.29 is 18.3 Å². The molecule has 0 saturated carbocycles. The molecule has 2 heterocycles. The minimum Gasteiger partial charge on any atom is -0.492 e. The number of benzene rings is 1. The summed E-state index contributed by atoms with van der Waals surface area (Å²) in [5, 5.41) is 9.74. The highest BCUT2D eigenvalue weighted by atomic mass is 19.3. The summed E-state index contributed by atoms with van der Waals surface area (Å²) in [6, 6.07) is 9.43. The number of rotatable bonds is 7. The van der Waals surface area contributed by atoms with Crippen LogP contribution < -0.4 is 15.4 Å². The molecule has 134 valence electrons. The molecule has 1 amide bonds. The second-order valence-corrected chi connectivity index (χ2v) is 5.69. The van der Waals surface area contributed by atoms with Crippen LogP contribution in [0.25, 0.3) is 0 Å². The molecule has 1 aromatic carbocycles. The minimum absolute atomic E-state index is 0.211. The number of para-hydroxylation sites is 1. The molecule has 1 aliphatic heterocycles. The van der Waals surface area contributed by atoms with Gasteiger partial charge in [0.2, 0.25) is 0 Å². The highest BCUT2D eigenvalue weighted by Gasteiger charge is 2.25. The molecule has 0 bridgehead atoms. The van der Waals surface area contributed by atoms with E-state index in [2.05, 4.69) is 15.7 Å². The fourth-order valence-corrected chi connectivity index (χ4v) is 2.81. The Bertz CT molecular complexity index is 719. The molecule has 2 N–H and O–H groups in total. The third-order valence-electron chi connectivity index (χ3n) is 3.95. The lowest BCUT2D eigenvalue weighted by atomic mass is 10.1. The van der Waals surface area contributed by atoms with Gasteiger partial charge in [0.1, 0.15) is 12.4 Å². The average molecular weight is 350 g/mol. The molecule has 0 aliphatic carbocycles. The molecule has 0 fully saturated rings. The van der Waals surface area contributed by atoms with Crippen molar-refractivity contribution in [3.8, 4) is 5.75 Å². The predicted octanol–water partition coefficient (Wildman–Crippen LogP) is 1.60. The first-order chi connectivity index (χ1) is 12.1. The Kier molecular flexibility index (Phi) is 5.60. The summed E-state index contributed by atoms with van der Waals surface area (Å²) < 4.78 is 32.0. The van der Waals surface area contributed by atoms with Gasteiger partial charge < -0.3 is 15.4 Å². The van der Waals surface area contributed by atoms with Crippen molar-refractivity contribution in [2.75, 3.05) is 19.7 Å². The van der Waals surface area contributed by atoms with Gasteiger partial charge in [-0.25, -0.2) is 8.78 Å². The first kappa shape index (κ1) is 17.3. The summed E-state index contributed by atoms with van der Waals surface area (Å²) in [4.78, 5) is 12.2. The zero-order chi connectivity index (χ0) is 17.6. The molecule has 1 aromatic heterocycles. The number of carbonyl (C=O) groups excluding carboxylic acids is 1. The Labute approximate surface area is 144 Å². The lowest BCUT2D eigenvalue weighted by molar-refractivity contribution is 0.0885. The third-order valence-corrected chi connectivity index (χ3v) is 3.95. The van der Waals surface area contributed by atoms with Crippen LogP contribution in [-0.4, -0.2) is 41.8 Å². The van der Waals surface area contributed by atoms with E-state index in [1.165, 1.54) is 0 Å². The van der Waals surface area contributed by atoms with Gasteiger partial charge in [0.05, 0.1) is 13.1 Å². The van der Waals surface area contributed by atoms with Gasteiger partial charge in [-0.3, -0.25) is 9.48 Å². The van der Waals surface area contributed by atoms with Crippen molar-refractivity contribution in [1.29, 1.82) is 0 Å². The van der Waals surface area contributed by atoms with Crippen molar-refractivity contribution in [1.82, 2.24) is 20.4 Å². The van der Waals surface area contributed by atoms with E-state index in [1.54, 1.807) is 4.68 Å². The second-order valence-electron chi connectivity index (χ2n) is 5.69. The first-order valence-corrected chi connectivity index (χ1v) is 8.18. The highest BCUT2D eigenvalue weighted by Crippen LogP contribution is 2.19. The van der Waals surface area contributed by atoms with Crippen LogP contribution in [-0.2, 0) is 19.5 Å². The van der Waals surface area contributed by atoms with Gasteiger partial charge in [0.15, 0.2) is 5.69 Å². The zero-order valence-electron chi connectivity index (χ0n) is 13.7. The third kappa shape index (κ3) is 4.33. The van der Waals surface area contributed by atoms with Crippen LogP contribution in [0.5, 0.6) is 5.75 Å². The molecule has 3 rings (SSSR count). The molecule has 0 atom stereocenters. The smallest absolute Gasteiger partial charge is 0.272 e. The van der Waals surface area contributed by atoms with E-state index in [-0.39, 0.29) is 5.69 Å². The van der Waals surface area contributed by atoms with Gasteiger partial charge in [-0.1, -0.05) is 18.2 Å². The number of halogens is 2. The van der Waals surface area contributed by atoms with Crippen molar-refractivity contribution in [2.45, 2.75) is 25.9 Å². The average Bonchev–Trinajstić information content (AvgIpc) is 3.00. The molecular formula is C17H20F2N4O2.